The molecule has 0 aliphatic heterocycles. The van der Waals surface area contributed by atoms with Gasteiger partial charge in [-0.25, -0.2) is 4.98 Å². The molecule has 0 spiro atoms. The van der Waals surface area contributed by atoms with Crippen LogP contribution in [0, 0.1) is 13.8 Å². The molecule has 2 heterocycles. The second-order valence-corrected chi connectivity index (χ2v) is 7.20. The van der Waals surface area contributed by atoms with Gasteiger partial charge in [-0.2, -0.15) is 0 Å². The highest BCUT2D eigenvalue weighted by Crippen LogP contribution is 2.26. The van der Waals surface area contributed by atoms with Crippen LogP contribution >= 0.6 is 11.3 Å². The van der Waals surface area contributed by atoms with Crippen LogP contribution in [0.3, 0.4) is 0 Å². The number of anilines is 1. The molecule has 2 aromatic heterocycles. The Morgan fingerprint density at radius 2 is 1.85 bits per heavy atom. The average molecular weight is 360 g/mol. The Labute approximate surface area is 154 Å². The van der Waals surface area contributed by atoms with Gasteiger partial charge in [-0.1, -0.05) is 53.3 Å². The van der Waals surface area contributed by atoms with E-state index in [4.69, 9.17) is 4.98 Å². The molecule has 0 aliphatic carbocycles. The first-order chi connectivity index (χ1) is 12.6. The van der Waals surface area contributed by atoms with Crippen LogP contribution in [0.1, 0.15) is 20.9 Å². The SMILES string of the molecule is Cc1cccc(-c2cc(C(=O)Nc3nnc(C)s3)c3ccccc3n2)c1. The molecular formula is C20H16N4OS. The minimum atomic E-state index is -0.214. The van der Waals surface area contributed by atoms with Crippen LogP contribution in [0.4, 0.5) is 5.13 Å². The molecule has 1 N–H and O–H groups in total. The van der Waals surface area contributed by atoms with E-state index in [1.807, 2.05) is 62.4 Å². The van der Waals surface area contributed by atoms with Gasteiger partial charge in [0, 0.05) is 10.9 Å². The number of aromatic nitrogens is 3. The largest absolute Gasteiger partial charge is 0.296 e. The fraction of sp³-hybridized carbons (Fsp3) is 0.100. The molecule has 0 unspecified atom stereocenters. The Morgan fingerprint density at radius 3 is 2.62 bits per heavy atom. The molecule has 4 aromatic rings. The second-order valence-electron chi connectivity index (χ2n) is 6.02. The molecule has 128 valence electrons. The van der Waals surface area contributed by atoms with Gasteiger partial charge in [0.1, 0.15) is 5.01 Å². The fourth-order valence-electron chi connectivity index (χ4n) is 2.83. The predicted molar refractivity (Wildman–Crippen MR) is 105 cm³/mol. The molecule has 1 amide bonds. The number of pyridine rings is 1. The summed E-state index contributed by atoms with van der Waals surface area (Å²) >= 11 is 1.35. The van der Waals surface area contributed by atoms with Crippen molar-refractivity contribution >= 4 is 33.3 Å². The Kier molecular flexibility index (Phi) is 4.18. The summed E-state index contributed by atoms with van der Waals surface area (Å²) < 4.78 is 0. The Hall–Kier alpha value is -3.12. The van der Waals surface area contributed by atoms with Gasteiger partial charge in [-0.15, -0.1) is 10.2 Å². The maximum Gasteiger partial charge on any atom is 0.258 e. The van der Waals surface area contributed by atoms with E-state index in [0.29, 0.717) is 10.7 Å². The molecular weight excluding hydrogens is 344 g/mol. The van der Waals surface area contributed by atoms with Crippen LogP contribution in [0.5, 0.6) is 0 Å². The van der Waals surface area contributed by atoms with E-state index >= 15 is 0 Å². The molecule has 2 aromatic carbocycles. The number of nitrogens with one attached hydrogen (secondary N) is 1. The maximum absolute atomic E-state index is 12.9. The molecule has 0 atom stereocenters. The minimum absolute atomic E-state index is 0.214. The summed E-state index contributed by atoms with van der Waals surface area (Å²) in [5.41, 5.74) is 4.25. The van der Waals surface area contributed by atoms with E-state index < -0.39 is 0 Å². The molecule has 6 heteroatoms. The van der Waals surface area contributed by atoms with Gasteiger partial charge in [-0.05, 0) is 32.0 Å². The highest BCUT2D eigenvalue weighted by molar-refractivity contribution is 7.15. The lowest BCUT2D eigenvalue weighted by atomic mass is 10.0. The van der Waals surface area contributed by atoms with Crippen LogP contribution in [0.25, 0.3) is 22.2 Å². The van der Waals surface area contributed by atoms with Crippen LogP contribution < -0.4 is 5.32 Å². The molecule has 0 bridgehead atoms. The predicted octanol–water partition coefficient (Wildman–Crippen LogP) is 4.62. The summed E-state index contributed by atoms with van der Waals surface area (Å²) in [7, 11) is 0. The van der Waals surface area contributed by atoms with Gasteiger partial charge in [0.15, 0.2) is 0 Å². The number of hydrogen-bond donors (Lipinski definition) is 1. The number of carbonyl (C=O) groups excluding carboxylic acids is 1. The van der Waals surface area contributed by atoms with Gasteiger partial charge in [-0.3, -0.25) is 10.1 Å². The highest BCUT2D eigenvalue weighted by atomic mass is 32.1. The second kappa shape index (κ2) is 6.65. The van der Waals surface area contributed by atoms with Crippen LogP contribution in [0.15, 0.2) is 54.6 Å². The molecule has 4 rings (SSSR count). The van der Waals surface area contributed by atoms with Gasteiger partial charge >= 0.3 is 0 Å². The lowest BCUT2D eigenvalue weighted by Crippen LogP contribution is -2.13. The summed E-state index contributed by atoms with van der Waals surface area (Å²) in [4.78, 5) is 17.6. The van der Waals surface area contributed by atoms with Crippen molar-refractivity contribution in [2.75, 3.05) is 5.32 Å². The smallest absolute Gasteiger partial charge is 0.258 e. The van der Waals surface area contributed by atoms with Crippen LogP contribution in [0.2, 0.25) is 0 Å². The standard InChI is InChI=1S/C20H16N4OS/c1-12-6-5-7-14(10-12)18-11-16(15-8-3-4-9-17(15)21-18)19(25)22-20-24-23-13(2)26-20/h3-11H,1-2H3,(H,22,24,25). The third-order valence-electron chi connectivity index (χ3n) is 4.02. The first kappa shape index (κ1) is 16.4. The van der Waals surface area contributed by atoms with Crippen molar-refractivity contribution in [3.8, 4) is 11.3 Å². The number of fused-ring (bicyclic) bond motifs is 1. The minimum Gasteiger partial charge on any atom is -0.296 e. The zero-order valence-corrected chi connectivity index (χ0v) is 15.2. The van der Waals surface area contributed by atoms with E-state index in [-0.39, 0.29) is 5.91 Å². The van der Waals surface area contributed by atoms with Crippen LogP contribution in [-0.4, -0.2) is 21.1 Å². The normalized spacial score (nSPS) is 10.8. The van der Waals surface area contributed by atoms with Crippen molar-refractivity contribution in [1.82, 2.24) is 15.2 Å². The number of para-hydroxylation sites is 1. The number of rotatable bonds is 3. The highest BCUT2D eigenvalue weighted by Gasteiger charge is 2.15. The molecule has 26 heavy (non-hydrogen) atoms. The van der Waals surface area contributed by atoms with Crippen LogP contribution in [-0.2, 0) is 0 Å². The number of aryl methyl sites for hydroxylation is 2. The van der Waals surface area contributed by atoms with Crippen molar-refractivity contribution in [2.45, 2.75) is 13.8 Å². The van der Waals surface area contributed by atoms with Gasteiger partial charge in [0.05, 0.1) is 16.8 Å². The van der Waals surface area contributed by atoms with Crippen molar-refractivity contribution in [3.63, 3.8) is 0 Å². The summed E-state index contributed by atoms with van der Waals surface area (Å²) in [6.45, 7) is 3.89. The summed E-state index contributed by atoms with van der Waals surface area (Å²) in [6, 6.07) is 17.6. The van der Waals surface area contributed by atoms with Crippen molar-refractivity contribution in [1.29, 1.82) is 0 Å². The van der Waals surface area contributed by atoms with Gasteiger partial charge in [0.25, 0.3) is 5.91 Å². The van der Waals surface area contributed by atoms with E-state index in [9.17, 15) is 4.79 Å². The number of benzene rings is 2. The van der Waals surface area contributed by atoms with Crippen molar-refractivity contribution in [2.24, 2.45) is 0 Å². The monoisotopic (exact) mass is 360 g/mol. The fourth-order valence-corrected chi connectivity index (χ4v) is 3.41. The third-order valence-corrected chi connectivity index (χ3v) is 4.78. The zero-order valence-electron chi connectivity index (χ0n) is 14.4. The number of hydrogen-bond acceptors (Lipinski definition) is 5. The summed E-state index contributed by atoms with van der Waals surface area (Å²) in [6.07, 6.45) is 0. The zero-order chi connectivity index (χ0) is 18.1. The van der Waals surface area contributed by atoms with Gasteiger partial charge in [0.2, 0.25) is 5.13 Å². The van der Waals surface area contributed by atoms with Crippen molar-refractivity contribution < 1.29 is 4.79 Å². The number of nitrogens with zero attached hydrogens (tertiary/aromatic N) is 3. The van der Waals surface area contributed by atoms with E-state index in [1.54, 1.807) is 0 Å². The first-order valence-corrected chi connectivity index (χ1v) is 9.00. The Bertz CT molecular complexity index is 1120. The number of carbonyl (C=O) groups is 1. The first-order valence-electron chi connectivity index (χ1n) is 8.18. The average Bonchev–Trinajstić information content (AvgIpc) is 3.05. The molecule has 0 saturated carbocycles. The molecule has 5 nitrogen and oxygen atoms in total. The molecule has 0 fully saturated rings. The molecule has 0 saturated heterocycles. The summed E-state index contributed by atoms with van der Waals surface area (Å²) in [5, 5.41) is 12.9. The summed E-state index contributed by atoms with van der Waals surface area (Å²) in [5.74, 6) is -0.214. The number of amides is 1. The van der Waals surface area contributed by atoms with E-state index in [2.05, 4.69) is 21.6 Å². The molecule has 0 radical (unpaired) electrons. The maximum atomic E-state index is 12.9. The topological polar surface area (TPSA) is 67.8 Å². The van der Waals surface area contributed by atoms with Crippen molar-refractivity contribution in [3.05, 3.63) is 70.7 Å². The van der Waals surface area contributed by atoms with E-state index in [1.165, 1.54) is 11.3 Å². The Morgan fingerprint density at radius 1 is 1.00 bits per heavy atom. The third kappa shape index (κ3) is 3.19. The lowest BCUT2D eigenvalue weighted by Gasteiger charge is -2.10. The molecule has 0 aliphatic rings. The lowest BCUT2D eigenvalue weighted by molar-refractivity contribution is 0.102. The quantitative estimate of drug-likeness (QED) is 0.579. The van der Waals surface area contributed by atoms with Gasteiger partial charge < -0.3 is 0 Å². The van der Waals surface area contributed by atoms with E-state index in [0.717, 1.165) is 32.7 Å². The Balaban J connectivity index is 1.83.